The van der Waals surface area contributed by atoms with Gasteiger partial charge in [-0.25, -0.2) is 4.79 Å². The number of carbonyl (C=O) groups is 2. The van der Waals surface area contributed by atoms with Gasteiger partial charge in [0.1, 0.15) is 11.4 Å². The number of carbonyl (C=O) groups excluding carboxylic acids is 2. The van der Waals surface area contributed by atoms with Gasteiger partial charge in [0.05, 0.1) is 0 Å². The summed E-state index contributed by atoms with van der Waals surface area (Å²) in [5.74, 6) is 0.381. The number of fused-ring (bicyclic) bond motifs is 1. The molecule has 0 atom stereocenters. The summed E-state index contributed by atoms with van der Waals surface area (Å²) in [5.41, 5.74) is 0.0111. The average Bonchev–Trinajstić information content (AvgIpc) is 2.66. The maximum atomic E-state index is 12.5. The molecular weight excluding hydrogens is 354 g/mol. The van der Waals surface area contributed by atoms with Gasteiger partial charge in [-0.1, -0.05) is 36.4 Å². The summed E-state index contributed by atoms with van der Waals surface area (Å²) < 4.78 is 10.9. The molecule has 0 bridgehead atoms. The van der Waals surface area contributed by atoms with Crippen LogP contribution < -0.4 is 4.74 Å². The van der Waals surface area contributed by atoms with Crippen LogP contribution in [0.3, 0.4) is 0 Å². The lowest BCUT2D eigenvalue weighted by Gasteiger charge is -2.25. The number of benzene rings is 2. The molecule has 5 nitrogen and oxygen atoms in total. The van der Waals surface area contributed by atoms with E-state index in [1.165, 1.54) is 6.42 Å². The van der Waals surface area contributed by atoms with Crippen LogP contribution in [0, 0.1) is 0 Å². The third-order valence-electron chi connectivity index (χ3n) is 4.56. The van der Waals surface area contributed by atoms with E-state index < -0.39 is 11.8 Å². The molecule has 1 aliphatic rings. The Morgan fingerprint density at radius 3 is 2.43 bits per heavy atom. The van der Waals surface area contributed by atoms with Gasteiger partial charge < -0.3 is 14.4 Å². The van der Waals surface area contributed by atoms with Gasteiger partial charge in [0.2, 0.25) is 5.91 Å². The van der Waals surface area contributed by atoms with Crippen molar-refractivity contribution in [3.63, 3.8) is 0 Å². The van der Waals surface area contributed by atoms with Gasteiger partial charge in [-0.15, -0.1) is 0 Å². The topological polar surface area (TPSA) is 55.8 Å². The Kier molecular flexibility index (Phi) is 6.02. The minimum atomic E-state index is -0.763. The molecule has 0 aliphatic carbocycles. The van der Waals surface area contributed by atoms with Crippen LogP contribution in [0.15, 0.2) is 42.5 Å². The maximum Gasteiger partial charge on any atom is 0.514 e. The summed E-state index contributed by atoms with van der Waals surface area (Å²) in [7, 11) is 0. The molecule has 2 aromatic carbocycles. The molecule has 0 unspecified atom stereocenters. The quantitative estimate of drug-likeness (QED) is 0.418. The highest BCUT2D eigenvalue weighted by atomic mass is 16.7. The van der Waals surface area contributed by atoms with Crippen molar-refractivity contribution in [3.05, 3.63) is 48.0 Å². The molecule has 0 spiro atoms. The summed E-state index contributed by atoms with van der Waals surface area (Å²) in [4.78, 5) is 26.6. The number of amides is 1. The smallest absolute Gasteiger partial charge is 0.428 e. The van der Waals surface area contributed by atoms with Gasteiger partial charge in [-0.05, 0) is 51.5 Å². The first-order valence-corrected chi connectivity index (χ1v) is 9.73. The van der Waals surface area contributed by atoms with E-state index in [-0.39, 0.29) is 5.91 Å². The van der Waals surface area contributed by atoms with Gasteiger partial charge in [-0.2, -0.15) is 0 Å². The molecule has 0 radical (unpaired) electrons. The molecule has 1 heterocycles. The first-order chi connectivity index (χ1) is 13.3. The minimum Gasteiger partial charge on any atom is -0.428 e. The molecule has 1 fully saturated rings. The second kappa shape index (κ2) is 8.46. The van der Waals surface area contributed by atoms with Gasteiger partial charge in [0, 0.05) is 30.1 Å². The Labute approximate surface area is 165 Å². The molecular formula is C23H27NO4. The Morgan fingerprint density at radius 1 is 1.00 bits per heavy atom. The third kappa shape index (κ3) is 5.12. The van der Waals surface area contributed by atoms with E-state index in [9.17, 15) is 9.59 Å². The van der Waals surface area contributed by atoms with Gasteiger partial charge in [0.15, 0.2) is 0 Å². The Morgan fingerprint density at radius 2 is 1.71 bits per heavy atom. The summed E-state index contributed by atoms with van der Waals surface area (Å²) in [5, 5.41) is 1.74. The highest BCUT2D eigenvalue weighted by Crippen LogP contribution is 2.31. The molecule has 2 aromatic rings. The van der Waals surface area contributed by atoms with Crippen molar-refractivity contribution in [2.45, 2.75) is 45.6 Å². The van der Waals surface area contributed by atoms with Crippen LogP contribution in [0.25, 0.3) is 16.8 Å². The van der Waals surface area contributed by atoms with Crippen LogP contribution in [0.5, 0.6) is 5.75 Å². The molecule has 28 heavy (non-hydrogen) atoms. The lowest BCUT2D eigenvalue weighted by molar-refractivity contribution is -0.126. The standard InChI is InChI=1S/C23H27NO4/c1-23(2,3)28-22(26)27-21-18(12-11-17-9-5-6-10-19(17)21)13-14-20(25)24-15-7-4-8-16-24/h5-6,9-14H,4,7-8,15-16H2,1-3H3. The second-order valence-electron chi connectivity index (χ2n) is 7.99. The number of nitrogens with zero attached hydrogens (tertiary/aromatic N) is 1. The highest BCUT2D eigenvalue weighted by molar-refractivity contribution is 5.96. The fraction of sp³-hybridized carbons (Fsp3) is 0.391. The monoisotopic (exact) mass is 381 g/mol. The molecule has 1 saturated heterocycles. The van der Waals surface area contributed by atoms with Crippen molar-refractivity contribution < 1.29 is 19.1 Å². The maximum absolute atomic E-state index is 12.5. The zero-order chi connectivity index (χ0) is 20.1. The van der Waals surface area contributed by atoms with Crippen molar-refractivity contribution in [2.24, 2.45) is 0 Å². The van der Waals surface area contributed by atoms with E-state index in [4.69, 9.17) is 9.47 Å². The largest absolute Gasteiger partial charge is 0.514 e. The predicted octanol–water partition coefficient (Wildman–Crippen LogP) is 5.18. The molecule has 1 aliphatic heterocycles. The van der Waals surface area contributed by atoms with Crippen molar-refractivity contribution in [1.29, 1.82) is 0 Å². The number of piperidine rings is 1. The molecule has 148 valence electrons. The first-order valence-electron chi connectivity index (χ1n) is 9.73. The van der Waals surface area contributed by atoms with E-state index in [1.54, 1.807) is 32.9 Å². The molecule has 3 rings (SSSR count). The van der Waals surface area contributed by atoms with Crippen LogP contribution >= 0.6 is 0 Å². The Bertz CT molecular complexity index is 889. The fourth-order valence-electron chi connectivity index (χ4n) is 3.24. The van der Waals surface area contributed by atoms with Crippen molar-refractivity contribution in [2.75, 3.05) is 13.1 Å². The number of rotatable bonds is 3. The van der Waals surface area contributed by atoms with E-state index >= 15 is 0 Å². The van der Waals surface area contributed by atoms with Gasteiger partial charge in [0.25, 0.3) is 0 Å². The summed E-state index contributed by atoms with van der Waals surface area (Å²) in [6, 6.07) is 11.4. The van der Waals surface area contributed by atoms with Crippen LogP contribution in [-0.2, 0) is 9.53 Å². The molecule has 0 N–H and O–H groups in total. The van der Waals surface area contributed by atoms with Crippen LogP contribution in [0.4, 0.5) is 4.79 Å². The summed E-state index contributed by atoms with van der Waals surface area (Å²) in [6.07, 6.45) is 5.76. The van der Waals surface area contributed by atoms with E-state index in [0.717, 1.165) is 36.7 Å². The third-order valence-corrected chi connectivity index (χ3v) is 4.56. The van der Waals surface area contributed by atoms with Crippen molar-refractivity contribution in [3.8, 4) is 5.75 Å². The van der Waals surface area contributed by atoms with E-state index in [2.05, 4.69) is 0 Å². The normalized spacial score (nSPS) is 15.0. The fourth-order valence-corrected chi connectivity index (χ4v) is 3.24. The Balaban J connectivity index is 1.89. The number of ether oxygens (including phenoxy) is 2. The zero-order valence-corrected chi connectivity index (χ0v) is 16.7. The molecule has 0 saturated carbocycles. The first kappa shape index (κ1) is 19.9. The molecule has 1 amide bonds. The number of likely N-dealkylation sites (tertiary alicyclic amines) is 1. The average molecular weight is 381 g/mol. The number of hydrogen-bond acceptors (Lipinski definition) is 4. The van der Waals surface area contributed by atoms with Crippen molar-refractivity contribution >= 4 is 28.9 Å². The Hall–Kier alpha value is -2.82. The zero-order valence-electron chi connectivity index (χ0n) is 16.7. The minimum absolute atomic E-state index is 0.0175. The predicted molar refractivity (Wildman–Crippen MR) is 110 cm³/mol. The SMILES string of the molecule is CC(C)(C)OC(=O)Oc1c(C=CC(=O)N2CCCCC2)ccc2ccccc12. The lowest BCUT2D eigenvalue weighted by Crippen LogP contribution is -2.34. The van der Waals surface area contributed by atoms with Crippen molar-refractivity contribution in [1.82, 2.24) is 4.90 Å². The second-order valence-corrected chi connectivity index (χ2v) is 7.99. The summed E-state index contributed by atoms with van der Waals surface area (Å²) in [6.45, 7) is 6.95. The molecule has 5 heteroatoms. The van der Waals surface area contributed by atoms with Crippen LogP contribution in [0.2, 0.25) is 0 Å². The van der Waals surface area contributed by atoms with E-state index in [1.807, 2.05) is 41.3 Å². The molecule has 0 aromatic heterocycles. The van der Waals surface area contributed by atoms with Gasteiger partial charge >= 0.3 is 6.16 Å². The number of hydrogen-bond donors (Lipinski definition) is 0. The van der Waals surface area contributed by atoms with Crippen LogP contribution in [0.1, 0.15) is 45.6 Å². The lowest BCUT2D eigenvalue weighted by atomic mass is 10.0. The van der Waals surface area contributed by atoms with E-state index in [0.29, 0.717) is 11.3 Å². The summed E-state index contributed by atoms with van der Waals surface area (Å²) >= 11 is 0. The van der Waals surface area contributed by atoms with Crippen LogP contribution in [-0.4, -0.2) is 35.7 Å². The van der Waals surface area contributed by atoms with Gasteiger partial charge in [-0.3, -0.25) is 4.79 Å². The highest BCUT2D eigenvalue weighted by Gasteiger charge is 2.20.